The van der Waals surface area contributed by atoms with E-state index in [1.807, 2.05) is 0 Å². The highest BCUT2D eigenvalue weighted by Crippen LogP contribution is 2.21. The van der Waals surface area contributed by atoms with Crippen molar-refractivity contribution in [2.24, 2.45) is 0 Å². The lowest BCUT2D eigenvalue weighted by Gasteiger charge is -2.24. The number of aryl methyl sites for hydroxylation is 1. The van der Waals surface area contributed by atoms with Crippen LogP contribution in [-0.4, -0.2) is 31.4 Å². The molecule has 3 nitrogen and oxygen atoms in total. The maximum absolute atomic E-state index is 6.07. The Labute approximate surface area is 130 Å². The third-order valence-corrected chi connectivity index (χ3v) is 3.18. The van der Waals surface area contributed by atoms with Gasteiger partial charge in [0.2, 0.25) is 0 Å². The van der Waals surface area contributed by atoms with Gasteiger partial charge in [0.15, 0.2) is 0 Å². The number of hydrogen-bond acceptors (Lipinski definition) is 3. The van der Waals surface area contributed by atoms with E-state index in [4.69, 9.17) is 9.47 Å². The van der Waals surface area contributed by atoms with Crippen LogP contribution in [-0.2, 0) is 9.47 Å². The molecule has 0 heterocycles. The minimum Gasteiger partial charge on any atom is -0.373 e. The molecular formula is C18H31NO2. The van der Waals surface area contributed by atoms with Gasteiger partial charge in [0.1, 0.15) is 0 Å². The molecule has 0 saturated carbocycles. The molecule has 1 N–H and O–H groups in total. The molecule has 1 aromatic rings. The van der Waals surface area contributed by atoms with E-state index < -0.39 is 0 Å². The zero-order valence-corrected chi connectivity index (χ0v) is 14.4. The molecule has 0 aliphatic heterocycles. The Morgan fingerprint density at radius 3 is 2.33 bits per heavy atom. The molecule has 120 valence electrons. The van der Waals surface area contributed by atoms with Crippen LogP contribution in [0, 0.1) is 6.92 Å². The Bertz CT molecular complexity index is 410. The Morgan fingerprint density at radius 1 is 1.10 bits per heavy atom. The number of hydrogen-bond donors (Lipinski definition) is 1. The van der Waals surface area contributed by atoms with Gasteiger partial charge < -0.3 is 14.8 Å². The fourth-order valence-electron chi connectivity index (χ4n) is 2.09. The molecule has 0 aliphatic carbocycles. The molecule has 0 aliphatic rings. The van der Waals surface area contributed by atoms with E-state index in [1.165, 1.54) is 11.1 Å². The van der Waals surface area contributed by atoms with E-state index in [0.29, 0.717) is 19.3 Å². The molecule has 0 fully saturated rings. The summed E-state index contributed by atoms with van der Waals surface area (Å²) in [5.74, 6) is 0. The zero-order valence-electron chi connectivity index (χ0n) is 14.4. The van der Waals surface area contributed by atoms with Crippen molar-refractivity contribution in [3.05, 3.63) is 35.4 Å². The van der Waals surface area contributed by atoms with E-state index in [-0.39, 0.29) is 11.7 Å². The first-order valence-electron chi connectivity index (χ1n) is 7.84. The zero-order chi connectivity index (χ0) is 15.9. The van der Waals surface area contributed by atoms with Crippen molar-refractivity contribution in [3.63, 3.8) is 0 Å². The largest absolute Gasteiger partial charge is 0.373 e. The van der Waals surface area contributed by atoms with Crippen molar-refractivity contribution >= 4 is 0 Å². The SMILES string of the molecule is Cc1ccccc1C(CNC(C)C)OCCOC(C)(C)C. The fourth-order valence-corrected chi connectivity index (χ4v) is 2.09. The molecule has 0 spiro atoms. The molecule has 1 unspecified atom stereocenters. The van der Waals surface area contributed by atoms with Gasteiger partial charge in [-0.2, -0.15) is 0 Å². The first-order chi connectivity index (χ1) is 9.79. The van der Waals surface area contributed by atoms with Crippen LogP contribution in [0.5, 0.6) is 0 Å². The Morgan fingerprint density at radius 2 is 1.76 bits per heavy atom. The van der Waals surface area contributed by atoms with Crippen LogP contribution in [0.1, 0.15) is 51.8 Å². The Kier molecular flexibility index (Phi) is 7.36. The first-order valence-corrected chi connectivity index (χ1v) is 7.84. The molecular weight excluding hydrogens is 262 g/mol. The lowest BCUT2D eigenvalue weighted by Crippen LogP contribution is -2.30. The van der Waals surface area contributed by atoms with Crippen LogP contribution in [0.15, 0.2) is 24.3 Å². The smallest absolute Gasteiger partial charge is 0.0953 e. The van der Waals surface area contributed by atoms with Crippen molar-refractivity contribution in [2.45, 2.75) is 59.3 Å². The summed E-state index contributed by atoms with van der Waals surface area (Å²) in [6.45, 7) is 14.7. The Hall–Kier alpha value is -0.900. The van der Waals surface area contributed by atoms with Gasteiger partial charge in [0, 0.05) is 12.6 Å². The number of benzene rings is 1. The second-order valence-corrected chi connectivity index (χ2v) is 6.74. The summed E-state index contributed by atoms with van der Waals surface area (Å²) >= 11 is 0. The summed E-state index contributed by atoms with van der Waals surface area (Å²) in [6.07, 6.45) is 0.0668. The minimum absolute atomic E-state index is 0.0668. The van der Waals surface area contributed by atoms with Crippen LogP contribution in [0.4, 0.5) is 0 Å². The third kappa shape index (κ3) is 7.60. The van der Waals surface area contributed by atoms with Crippen LogP contribution >= 0.6 is 0 Å². The molecule has 21 heavy (non-hydrogen) atoms. The summed E-state index contributed by atoms with van der Waals surface area (Å²) in [4.78, 5) is 0. The van der Waals surface area contributed by atoms with Gasteiger partial charge in [-0.25, -0.2) is 0 Å². The van der Waals surface area contributed by atoms with E-state index in [1.54, 1.807) is 0 Å². The van der Waals surface area contributed by atoms with Gasteiger partial charge in [-0.05, 0) is 38.8 Å². The average molecular weight is 293 g/mol. The topological polar surface area (TPSA) is 30.5 Å². The van der Waals surface area contributed by atoms with E-state index in [9.17, 15) is 0 Å². The monoisotopic (exact) mass is 293 g/mol. The van der Waals surface area contributed by atoms with Crippen LogP contribution < -0.4 is 5.32 Å². The molecule has 1 rings (SSSR count). The minimum atomic E-state index is -0.113. The summed E-state index contributed by atoms with van der Waals surface area (Å²) in [5.41, 5.74) is 2.41. The van der Waals surface area contributed by atoms with Gasteiger partial charge in [-0.3, -0.25) is 0 Å². The van der Waals surface area contributed by atoms with Crippen molar-refractivity contribution in [1.29, 1.82) is 0 Å². The lowest BCUT2D eigenvalue weighted by molar-refractivity contribution is -0.0522. The number of ether oxygens (including phenoxy) is 2. The second kappa shape index (κ2) is 8.52. The molecule has 0 radical (unpaired) electrons. The van der Waals surface area contributed by atoms with Crippen molar-refractivity contribution in [2.75, 3.05) is 19.8 Å². The summed E-state index contributed by atoms with van der Waals surface area (Å²) in [5, 5.41) is 3.46. The van der Waals surface area contributed by atoms with E-state index in [2.05, 4.69) is 71.1 Å². The van der Waals surface area contributed by atoms with Crippen molar-refractivity contribution in [3.8, 4) is 0 Å². The maximum Gasteiger partial charge on any atom is 0.0953 e. The molecule has 0 aromatic heterocycles. The highest BCUT2D eigenvalue weighted by molar-refractivity contribution is 5.28. The van der Waals surface area contributed by atoms with Crippen LogP contribution in [0.2, 0.25) is 0 Å². The average Bonchev–Trinajstić information content (AvgIpc) is 2.37. The molecule has 3 heteroatoms. The highest BCUT2D eigenvalue weighted by Gasteiger charge is 2.15. The molecule has 1 aromatic carbocycles. The molecule has 1 atom stereocenters. The molecule has 0 saturated heterocycles. The van der Waals surface area contributed by atoms with Crippen LogP contribution in [0.25, 0.3) is 0 Å². The standard InChI is InChI=1S/C18H31NO2/c1-14(2)19-13-17(16-10-8-7-9-15(16)3)20-11-12-21-18(4,5)6/h7-10,14,17,19H,11-13H2,1-6H3. The predicted octanol–water partition coefficient (Wildman–Crippen LogP) is 3.87. The van der Waals surface area contributed by atoms with E-state index in [0.717, 1.165) is 6.54 Å². The predicted molar refractivity (Wildman–Crippen MR) is 88.7 cm³/mol. The first kappa shape index (κ1) is 18.1. The van der Waals surface area contributed by atoms with Crippen molar-refractivity contribution in [1.82, 2.24) is 5.32 Å². The van der Waals surface area contributed by atoms with Crippen molar-refractivity contribution < 1.29 is 9.47 Å². The summed E-state index contributed by atoms with van der Waals surface area (Å²) < 4.78 is 11.8. The number of nitrogens with one attached hydrogen (secondary N) is 1. The van der Waals surface area contributed by atoms with Gasteiger partial charge >= 0.3 is 0 Å². The normalized spacial score (nSPS) is 13.7. The highest BCUT2D eigenvalue weighted by atomic mass is 16.5. The summed E-state index contributed by atoms with van der Waals surface area (Å²) in [6, 6.07) is 8.86. The summed E-state index contributed by atoms with van der Waals surface area (Å²) in [7, 11) is 0. The fraction of sp³-hybridized carbons (Fsp3) is 0.667. The maximum atomic E-state index is 6.07. The van der Waals surface area contributed by atoms with Gasteiger partial charge in [0.25, 0.3) is 0 Å². The quantitative estimate of drug-likeness (QED) is 0.738. The Balaban J connectivity index is 2.59. The van der Waals surface area contributed by atoms with Gasteiger partial charge in [-0.15, -0.1) is 0 Å². The third-order valence-electron chi connectivity index (χ3n) is 3.18. The van der Waals surface area contributed by atoms with Gasteiger partial charge in [-0.1, -0.05) is 38.1 Å². The molecule has 0 bridgehead atoms. The second-order valence-electron chi connectivity index (χ2n) is 6.74. The van der Waals surface area contributed by atoms with E-state index >= 15 is 0 Å². The number of rotatable bonds is 8. The molecule has 0 amide bonds. The lowest BCUT2D eigenvalue weighted by atomic mass is 10.0. The van der Waals surface area contributed by atoms with Gasteiger partial charge in [0.05, 0.1) is 24.9 Å². The van der Waals surface area contributed by atoms with Crippen LogP contribution in [0.3, 0.4) is 0 Å².